The number of aliphatic hydroxyl groups excluding tert-OH is 1. The number of ether oxygens (including phenoxy) is 1. The van der Waals surface area contributed by atoms with Crippen LogP contribution >= 0.6 is 0 Å². The molecule has 0 aromatic heterocycles. The first-order chi connectivity index (χ1) is 5.77. The van der Waals surface area contributed by atoms with E-state index in [1.54, 1.807) is 12.1 Å². The van der Waals surface area contributed by atoms with Crippen LogP contribution in [0.4, 0.5) is 4.39 Å². The average Bonchev–Trinajstić information content (AvgIpc) is 2.09. The van der Waals surface area contributed by atoms with Crippen LogP contribution in [-0.2, 0) is 6.42 Å². The first-order valence-corrected chi connectivity index (χ1v) is 3.71. The van der Waals surface area contributed by atoms with Crippen LogP contribution in [0, 0.1) is 5.82 Å². The molecule has 2 nitrogen and oxygen atoms in total. The molecule has 0 aliphatic rings. The molecule has 0 saturated carbocycles. The van der Waals surface area contributed by atoms with Crippen LogP contribution in [0.1, 0.15) is 5.56 Å². The van der Waals surface area contributed by atoms with Crippen molar-refractivity contribution < 1.29 is 14.2 Å². The smallest absolute Gasteiger partial charge is 0.130 e. The summed E-state index contributed by atoms with van der Waals surface area (Å²) in [7, 11) is 1.49. The summed E-state index contributed by atoms with van der Waals surface area (Å²) in [6.07, 6.45) is 0.343. The first kappa shape index (κ1) is 9.00. The van der Waals surface area contributed by atoms with Gasteiger partial charge >= 0.3 is 0 Å². The van der Waals surface area contributed by atoms with Crippen LogP contribution in [0.2, 0.25) is 0 Å². The molecule has 1 aromatic rings. The number of methoxy groups -OCH3 is 1. The second-order valence-corrected chi connectivity index (χ2v) is 2.43. The lowest BCUT2D eigenvalue weighted by molar-refractivity contribution is 0.297. The predicted molar refractivity (Wildman–Crippen MR) is 43.7 cm³/mol. The Hall–Kier alpha value is -1.09. The summed E-state index contributed by atoms with van der Waals surface area (Å²) in [4.78, 5) is 0. The molecule has 0 atom stereocenters. The Morgan fingerprint density at radius 3 is 2.75 bits per heavy atom. The van der Waals surface area contributed by atoms with E-state index in [2.05, 4.69) is 0 Å². The van der Waals surface area contributed by atoms with Crippen molar-refractivity contribution in [1.82, 2.24) is 0 Å². The summed E-state index contributed by atoms with van der Waals surface area (Å²) in [6.45, 7) is -0.0384. The zero-order chi connectivity index (χ0) is 8.97. The van der Waals surface area contributed by atoms with Crippen molar-refractivity contribution in [3.8, 4) is 5.75 Å². The van der Waals surface area contributed by atoms with Crippen LogP contribution in [0.3, 0.4) is 0 Å². The van der Waals surface area contributed by atoms with E-state index in [-0.39, 0.29) is 12.4 Å². The molecule has 0 spiro atoms. The van der Waals surface area contributed by atoms with Gasteiger partial charge in [0.05, 0.1) is 7.11 Å². The Morgan fingerprint density at radius 2 is 2.25 bits per heavy atom. The topological polar surface area (TPSA) is 29.5 Å². The van der Waals surface area contributed by atoms with Crippen LogP contribution < -0.4 is 4.74 Å². The Bertz CT molecular complexity index is 261. The number of hydrogen-bond donors (Lipinski definition) is 1. The molecule has 0 saturated heterocycles. The minimum absolute atomic E-state index is 0.0384. The second-order valence-electron chi connectivity index (χ2n) is 2.43. The first-order valence-electron chi connectivity index (χ1n) is 3.71. The Morgan fingerprint density at radius 1 is 1.50 bits per heavy atom. The summed E-state index contributed by atoms with van der Waals surface area (Å²) in [6, 6.07) is 4.60. The number of halogens is 1. The van der Waals surface area contributed by atoms with Gasteiger partial charge in [-0.15, -0.1) is 0 Å². The van der Waals surface area contributed by atoms with E-state index in [4.69, 9.17) is 9.84 Å². The van der Waals surface area contributed by atoms with E-state index in [0.29, 0.717) is 17.7 Å². The number of benzene rings is 1. The van der Waals surface area contributed by atoms with E-state index in [0.717, 1.165) is 0 Å². The van der Waals surface area contributed by atoms with Gasteiger partial charge in [-0.3, -0.25) is 0 Å². The average molecular weight is 170 g/mol. The molecule has 0 unspecified atom stereocenters. The van der Waals surface area contributed by atoms with Crippen LogP contribution in [0.25, 0.3) is 0 Å². The van der Waals surface area contributed by atoms with Gasteiger partial charge in [0.15, 0.2) is 0 Å². The molecular weight excluding hydrogens is 159 g/mol. The predicted octanol–water partition coefficient (Wildman–Crippen LogP) is 1.37. The highest BCUT2D eigenvalue weighted by atomic mass is 19.1. The lowest BCUT2D eigenvalue weighted by Crippen LogP contribution is -1.95. The van der Waals surface area contributed by atoms with Crippen LogP contribution in [0.5, 0.6) is 5.75 Å². The second kappa shape index (κ2) is 4.07. The highest BCUT2D eigenvalue weighted by molar-refractivity contribution is 5.28. The monoisotopic (exact) mass is 170 g/mol. The van der Waals surface area contributed by atoms with E-state index >= 15 is 0 Å². The SMILES string of the molecule is COc1ccc(CCO)c(F)c1. The molecule has 0 heterocycles. The highest BCUT2D eigenvalue weighted by Gasteiger charge is 2.02. The van der Waals surface area contributed by atoms with E-state index in [1.165, 1.54) is 13.2 Å². The Labute approximate surface area is 70.6 Å². The number of aliphatic hydroxyl groups is 1. The van der Waals surface area contributed by atoms with Crippen LogP contribution in [-0.4, -0.2) is 18.8 Å². The third kappa shape index (κ3) is 1.95. The van der Waals surface area contributed by atoms with Crippen molar-refractivity contribution in [2.75, 3.05) is 13.7 Å². The largest absolute Gasteiger partial charge is 0.497 e. The van der Waals surface area contributed by atoms with Crippen molar-refractivity contribution in [1.29, 1.82) is 0 Å². The minimum atomic E-state index is -0.330. The summed E-state index contributed by atoms with van der Waals surface area (Å²) in [5.74, 6) is 0.164. The summed E-state index contributed by atoms with van der Waals surface area (Å²) in [5.41, 5.74) is 0.512. The lowest BCUT2D eigenvalue weighted by atomic mass is 10.1. The third-order valence-corrected chi connectivity index (χ3v) is 1.64. The fraction of sp³-hybridized carbons (Fsp3) is 0.333. The van der Waals surface area contributed by atoms with Gasteiger partial charge in [0, 0.05) is 12.7 Å². The molecular formula is C9H11FO2. The lowest BCUT2D eigenvalue weighted by Gasteiger charge is -2.03. The van der Waals surface area contributed by atoms with Crippen molar-refractivity contribution in [2.45, 2.75) is 6.42 Å². The maximum Gasteiger partial charge on any atom is 0.130 e. The van der Waals surface area contributed by atoms with Gasteiger partial charge in [0.25, 0.3) is 0 Å². The van der Waals surface area contributed by atoms with Crippen molar-refractivity contribution >= 4 is 0 Å². The molecule has 1 N–H and O–H groups in total. The fourth-order valence-electron chi connectivity index (χ4n) is 0.978. The highest BCUT2D eigenvalue weighted by Crippen LogP contribution is 2.16. The normalized spacial score (nSPS) is 9.92. The van der Waals surface area contributed by atoms with Gasteiger partial charge in [-0.1, -0.05) is 6.07 Å². The van der Waals surface area contributed by atoms with Crippen LogP contribution in [0.15, 0.2) is 18.2 Å². The standard InChI is InChI=1S/C9H11FO2/c1-12-8-3-2-7(4-5-11)9(10)6-8/h2-3,6,11H,4-5H2,1H3. The van der Waals surface area contributed by atoms with E-state index in [1.807, 2.05) is 0 Å². The number of rotatable bonds is 3. The zero-order valence-electron chi connectivity index (χ0n) is 6.88. The molecule has 0 aliphatic carbocycles. The molecule has 66 valence electrons. The van der Waals surface area contributed by atoms with Gasteiger partial charge in [-0.25, -0.2) is 4.39 Å². The quantitative estimate of drug-likeness (QED) is 0.742. The van der Waals surface area contributed by atoms with Crippen molar-refractivity contribution in [3.05, 3.63) is 29.6 Å². The van der Waals surface area contributed by atoms with Gasteiger partial charge in [0.2, 0.25) is 0 Å². The molecule has 0 bridgehead atoms. The maximum atomic E-state index is 13.0. The van der Waals surface area contributed by atoms with Gasteiger partial charge in [0.1, 0.15) is 11.6 Å². The Kier molecular flexibility index (Phi) is 3.05. The van der Waals surface area contributed by atoms with Gasteiger partial charge in [-0.05, 0) is 18.1 Å². The van der Waals surface area contributed by atoms with Gasteiger partial charge < -0.3 is 9.84 Å². The minimum Gasteiger partial charge on any atom is -0.497 e. The fourth-order valence-corrected chi connectivity index (χ4v) is 0.978. The summed E-state index contributed by atoms with van der Waals surface area (Å²) in [5, 5.41) is 8.57. The zero-order valence-corrected chi connectivity index (χ0v) is 6.88. The number of hydrogen-bond acceptors (Lipinski definition) is 2. The molecule has 12 heavy (non-hydrogen) atoms. The summed E-state index contributed by atoms with van der Waals surface area (Å²) < 4.78 is 17.9. The van der Waals surface area contributed by atoms with Gasteiger partial charge in [-0.2, -0.15) is 0 Å². The van der Waals surface area contributed by atoms with E-state index < -0.39 is 0 Å². The molecule has 0 radical (unpaired) electrons. The van der Waals surface area contributed by atoms with E-state index in [9.17, 15) is 4.39 Å². The molecule has 1 rings (SSSR count). The molecule has 0 fully saturated rings. The third-order valence-electron chi connectivity index (χ3n) is 1.64. The maximum absolute atomic E-state index is 13.0. The van der Waals surface area contributed by atoms with Crippen molar-refractivity contribution in [3.63, 3.8) is 0 Å². The summed E-state index contributed by atoms with van der Waals surface area (Å²) >= 11 is 0. The molecule has 1 aromatic carbocycles. The van der Waals surface area contributed by atoms with Crippen molar-refractivity contribution in [2.24, 2.45) is 0 Å². The Balaban J connectivity index is 2.87. The molecule has 3 heteroatoms. The molecule has 0 aliphatic heterocycles. The molecule has 0 amide bonds.